The first kappa shape index (κ1) is 17.0. The van der Waals surface area contributed by atoms with Crippen LogP contribution >= 0.6 is 0 Å². The van der Waals surface area contributed by atoms with E-state index < -0.39 is 17.5 Å². The van der Waals surface area contributed by atoms with Crippen LogP contribution in [0.1, 0.15) is 6.92 Å². The van der Waals surface area contributed by atoms with E-state index in [0.29, 0.717) is 12.6 Å². The number of halogens is 2. The van der Waals surface area contributed by atoms with E-state index in [1.165, 1.54) is 11.9 Å². The summed E-state index contributed by atoms with van der Waals surface area (Å²) >= 11 is 0. The fourth-order valence-electron chi connectivity index (χ4n) is 1.89. The van der Waals surface area contributed by atoms with E-state index in [-0.39, 0.29) is 24.1 Å². The number of rotatable bonds is 6. The third kappa shape index (κ3) is 5.47. The normalized spacial score (nSPS) is 11.9. The highest BCUT2D eigenvalue weighted by molar-refractivity contribution is 5.94. The molecule has 116 valence electrons. The van der Waals surface area contributed by atoms with Crippen molar-refractivity contribution < 1.29 is 18.4 Å². The van der Waals surface area contributed by atoms with Gasteiger partial charge in [-0.1, -0.05) is 6.92 Å². The highest BCUT2D eigenvalue weighted by Crippen LogP contribution is 2.12. The smallest absolute Gasteiger partial charge is 0.243 e. The Morgan fingerprint density at radius 2 is 1.81 bits per heavy atom. The first-order valence-electron chi connectivity index (χ1n) is 6.49. The average Bonchev–Trinajstić information content (AvgIpc) is 2.36. The molecule has 0 bridgehead atoms. The lowest BCUT2D eigenvalue weighted by atomic mass is 10.1. The van der Waals surface area contributed by atoms with Crippen LogP contribution < -0.4 is 10.6 Å². The molecule has 2 N–H and O–H groups in total. The van der Waals surface area contributed by atoms with Crippen LogP contribution in [0.3, 0.4) is 0 Å². The van der Waals surface area contributed by atoms with Crippen molar-refractivity contribution in [3.63, 3.8) is 0 Å². The molecule has 0 spiro atoms. The Morgan fingerprint density at radius 1 is 1.24 bits per heavy atom. The Morgan fingerprint density at radius 3 is 2.33 bits per heavy atom. The van der Waals surface area contributed by atoms with E-state index in [4.69, 9.17) is 0 Å². The molecular formula is C14H19F2N3O2. The molecule has 0 fully saturated rings. The molecule has 0 aliphatic rings. The summed E-state index contributed by atoms with van der Waals surface area (Å²) in [6.45, 7) is 2.06. The summed E-state index contributed by atoms with van der Waals surface area (Å²) in [5.74, 6) is -2.54. The van der Waals surface area contributed by atoms with Crippen molar-refractivity contribution in [3.05, 3.63) is 29.8 Å². The second kappa shape index (κ2) is 7.68. The molecule has 0 aliphatic heterocycles. The first-order valence-corrected chi connectivity index (χ1v) is 6.49. The second-order valence-electron chi connectivity index (χ2n) is 4.86. The van der Waals surface area contributed by atoms with Gasteiger partial charge in [-0.3, -0.25) is 9.59 Å². The summed E-state index contributed by atoms with van der Waals surface area (Å²) in [7, 11) is 3.23. The number of benzene rings is 1. The minimum Gasteiger partial charge on any atom is -0.336 e. The maximum absolute atomic E-state index is 13.0. The summed E-state index contributed by atoms with van der Waals surface area (Å²) in [5.41, 5.74) is 0.0154. The van der Waals surface area contributed by atoms with Crippen molar-refractivity contribution in [2.24, 2.45) is 5.92 Å². The molecule has 1 aromatic carbocycles. The van der Waals surface area contributed by atoms with Crippen LogP contribution in [0.25, 0.3) is 0 Å². The summed E-state index contributed by atoms with van der Waals surface area (Å²) in [4.78, 5) is 25.0. The fraction of sp³-hybridized carbons (Fsp3) is 0.429. The zero-order valence-electron chi connectivity index (χ0n) is 12.2. The standard InChI is InChI=1S/C14H19F2N3O2/c1-9(7-17-2)14(21)19(3)8-13(20)18-12-5-10(15)4-11(16)6-12/h4-6,9,17H,7-8H2,1-3H3,(H,18,20). The average molecular weight is 299 g/mol. The van der Waals surface area contributed by atoms with Gasteiger partial charge in [-0.2, -0.15) is 0 Å². The Bertz CT molecular complexity index is 503. The maximum atomic E-state index is 13.0. The zero-order chi connectivity index (χ0) is 16.0. The number of anilines is 1. The monoisotopic (exact) mass is 299 g/mol. The predicted molar refractivity (Wildman–Crippen MR) is 75.7 cm³/mol. The van der Waals surface area contributed by atoms with Crippen molar-refractivity contribution in [2.45, 2.75) is 6.92 Å². The van der Waals surface area contributed by atoms with Gasteiger partial charge in [-0.25, -0.2) is 8.78 Å². The van der Waals surface area contributed by atoms with Gasteiger partial charge in [0.25, 0.3) is 0 Å². The van der Waals surface area contributed by atoms with Crippen LogP contribution in [0.15, 0.2) is 18.2 Å². The van der Waals surface area contributed by atoms with Gasteiger partial charge in [0.1, 0.15) is 11.6 Å². The minimum absolute atomic E-state index is 0.0154. The van der Waals surface area contributed by atoms with Crippen LogP contribution in [-0.2, 0) is 9.59 Å². The number of hydrogen-bond acceptors (Lipinski definition) is 3. The summed E-state index contributed by atoms with van der Waals surface area (Å²) in [6.07, 6.45) is 0. The molecule has 0 heterocycles. The van der Waals surface area contributed by atoms with E-state index in [0.717, 1.165) is 12.1 Å². The lowest BCUT2D eigenvalue weighted by molar-refractivity contribution is -0.136. The highest BCUT2D eigenvalue weighted by atomic mass is 19.1. The Kier molecular flexibility index (Phi) is 6.23. The molecule has 0 saturated carbocycles. The molecule has 2 amide bonds. The molecule has 0 aromatic heterocycles. The number of nitrogens with one attached hydrogen (secondary N) is 2. The van der Waals surface area contributed by atoms with Gasteiger partial charge in [0.05, 0.1) is 6.54 Å². The van der Waals surface area contributed by atoms with E-state index >= 15 is 0 Å². The number of nitrogens with zero attached hydrogens (tertiary/aromatic N) is 1. The Balaban J connectivity index is 2.58. The van der Waals surface area contributed by atoms with Crippen molar-refractivity contribution in [2.75, 3.05) is 32.5 Å². The van der Waals surface area contributed by atoms with Crippen molar-refractivity contribution in [1.82, 2.24) is 10.2 Å². The first-order chi connectivity index (χ1) is 9.83. The Hall–Kier alpha value is -2.02. The molecule has 1 rings (SSSR count). The van der Waals surface area contributed by atoms with Gasteiger partial charge in [0.2, 0.25) is 11.8 Å². The van der Waals surface area contributed by atoms with Crippen LogP contribution in [0.2, 0.25) is 0 Å². The molecule has 1 atom stereocenters. The predicted octanol–water partition coefficient (Wildman–Crippen LogP) is 1.22. The molecule has 0 aliphatic carbocycles. The van der Waals surface area contributed by atoms with E-state index in [1.54, 1.807) is 14.0 Å². The van der Waals surface area contributed by atoms with Gasteiger partial charge in [0.15, 0.2) is 0 Å². The van der Waals surface area contributed by atoms with Crippen LogP contribution in [0, 0.1) is 17.6 Å². The molecule has 1 unspecified atom stereocenters. The maximum Gasteiger partial charge on any atom is 0.243 e. The molecule has 1 aromatic rings. The summed E-state index contributed by atoms with van der Waals surface area (Å²) < 4.78 is 26.0. The third-order valence-electron chi connectivity index (χ3n) is 2.84. The molecule has 0 saturated heterocycles. The lowest BCUT2D eigenvalue weighted by Crippen LogP contribution is -2.40. The van der Waals surface area contributed by atoms with Gasteiger partial charge < -0.3 is 15.5 Å². The summed E-state index contributed by atoms with van der Waals surface area (Å²) in [5, 5.41) is 5.23. The quantitative estimate of drug-likeness (QED) is 0.830. The third-order valence-corrected chi connectivity index (χ3v) is 2.84. The number of carbonyl (C=O) groups is 2. The van der Waals surface area contributed by atoms with Gasteiger partial charge >= 0.3 is 0 Å². The van der Waals surface area contributed by atoms with E-state index in [2.05, 4.69) is 10.6 Å². The molecule has 5 nitrogen and oxygen atoms in total. The van der Waals surface area contributed by atoms with Gasteiger partial charge in [-0.15, -0.1) is 0 Å². The van der Waals surface area contributed by atoms with E-state index in [9.17, 15) is 18.4 Å². The van der Waals surface area contributed by atoms with Crippen LogP contribution in [0.5, 0.6) is 0 Å². The lowest BCUT2D eigenvalue weighted by Gasteiger charge is -2.20. The van der Waals surface area contributed by atoms with Gasteiger partial charge in [-0.05, 0) is 19.2 Å². The number of likely N-dealkylation sites (N-methyl/N-ethyl adjacent to an activating group) is 1. The Labute approximate surface area is 122 Å². The SMILES string of the molecule is CNCC(C)C(=O)N(C)CC(=O)Nc1cc(F)cc(F)c1. The molecule has 21 heavy (non-hydrogen) atoms. The van der Waals surface area contributed by atoms with Crippen LogP contribution in [0.4, 0.5) is 14.5 Å². The highest BCUT2D eigenvalue weighted by Gasteiger charge is 2.19. The summed E-state index contributed by atoms with van der Waals surface area (Å²) in [6, 6.07) is 2.73. The largest absolute Gasteiger partial charge is 0.336 e. The van der Waals surface area contributed by atoms with E-state index in [1.807, 2.05) is 0 Å². The molecular weight excluding hydrogens is 280 g/mol. The van der Waals surface area contributed by atoms with Crippen LogP contribution in [-0.4, -0.2) is 43.9 Å². The number of hydrogen-bond donors (Lipinski definition) is 2. The number of amides is 2. The topological polar surface area (TPSA) is 61.4 Å². The molecule has 7 heteroatoms. The second-order valence-corrected chi connectivity index (χ2v) is 4.86. The minimum atomic E-state index is -0.780. The fourth-order valence-corrected chi connectivity index (χ4v) is 1.89. The van der Waals surface area contributed by atoms with Crippen molar-refractivity contribution in [1.29, 1.82) is 0 Å². The number of carbonyl (C=O) groups excluding carboxylic acids is 2. The molecule has 0 radical (unpaired) electrons. The van der Waals surface area contributed by atoms with Gasteiger partial charge in [0, 0.05) is 31.3 Å². The zero-order valence-corrected chi connectivity index (χ0v) is 12.2. The van der Waals surface area contributed by atoms with Crippen molar-refractivity contribution in [3.8, 4) is 0 Å². The van der Waals surface area contributed by atoms with Crippen molar-refractivity contribution >= 4 is 17.5 Å².